The second-order valence-electron chi connectivity index (χ2n) is 5.18. The Morgan fingerprint density at radius 3 is 2.75 bits per heavy atom. The van der Waals surface area contributed by atoms with E-state index in [-0.39, 0.29) is 17.8 Å². The van der Waals surface area contributed by atoms with Gasteiger partial charge in [-0.1, -0.05) is 6.92 Å². The maximum Gasteiger partial charge on any atom is 0.254 e. The van der Waals surface area contributed by atoms with Gasteiger partial charge in [0.2, 0.25) is 0 Å². The highest BCUT2D eigenvalue weighted by Crippen LogP contribution is 2.28. The van der Waals surface area contributed by atoms with Crippen LogP contribution in [0, 0.1) is 5.92 Å². The number of likely N-dealkylation sites (tertiary alicyclic amines) is 1. The molecule has 20 heavy (non-hydrogen) atoms. The first kappa shape index (κ1) is 14.7. The van der Waals surface area contributed by atoms with Crippen molar-refractivity contribution in [3.63, 3.8) is 0 Å². The van der Waals surface area contributed by atoms with E-state index in [1.807, 2.05) is 0 Å². The number of aromatic hydroxyl groups is 1. The molecule has 1 fully saturated rings. The lowest BCUT2D eigenvalue weighted by Crippen LogP contribution is -2.46. The Labute approximate surface area is 119 Å². The van der Waals surface area contributed by atoms with Crippen LogP contribution in [0.4, 0.5) is 0 Å². The topological polar surface area (TPSA) is 59.0 Å². The lowest BCUT2D eigenvalue weighted by Gasteiger charge is -2.36. The number of ether oxygens (including phenoxy) is 2. The minimum absolute atomic E-state index is 0.0213. The molecule has 1 amide bonds. The first-order valence-electron chi connectivity index (χ1n) is 6.76. The van der Waals surface area contributed by atoms with Crippen molar-refractivity contribution in [3.05, 3.63) is 23.8 Å². The molecule has 0 aliphatic carbocycles. The number of rotatable bonds is 3. The molecule has 0 spiro atoms. The third-order valence-electron chi connectivity index (χ3n) is 3.91. The number of carbonyl (C=O) groups is 1. The highest BCUT2D eigenvalue weighted by Gasteiger charge is 2.29. The molecule has 2 atom stereocenters. The second-order valence-corrected chi connectivity index (χ2v) is 5.18. The lowest BCUT2D eigenvalue weighted by molar-refractivity contribution is -0.00157. The van der Waals surface area contributed by atoms with Gasteiger partial charge in [0.05, 0.1) is 13.2 Å². The monoisotopic (exact) mass is 279 g/mol. The van der Waals surface area contributed by atoms with Crippen LogP contribution in [0.25, 0.3) is 0 Å². The summed E-state index contributed by atoms with van der Waals surface area (Å²) >= 11 is 0. The third kappa shape index (κ3) is 2.88. The van der Waals surface area contributed by atoms with Crippen molar-refractivity contribution in [2.75, 3.05) is 27.3 Å². The molecule has 5 heteroatoms. The van der Waals surface area contributed by atoms with Crippen molar-refractivity contribution in [3.8, 4) is 11.5 Å². The number of phenols is 1. The van der Waals surface area contributed by atoms with Crippen molar-refractivity contribution < 1.29 is 19.4 Å². The molecule has 1 aliphatic rings. The summed E-state index contributed by atoms with van der Waals surface area (Å²) in [6, 6.07) is 4.71. The molecule has 110 valence electrons. The minimum Gasteiger partial charge on any atom is -0.504 e. The van der Waals surface area contributed by atoms with Crippen LogP contribution >= 0.6 is 0 Å². The van der Waals surface area contributed by atoms with Gasteiger partial charge in [-0.05, 0) is 30.5 Å². The number of phenolic OH excluding ortho intramolecular Hbond substituents is 1. The fourth-order valence-corrected chi connectivity index (χ4v) is 2.53. The molecular weight excluding hydrogens is 258 g/mol. The Morgan fingerprint density at radius 2 is 2.15 bits per heavy atom. The van der Waals surface area contributed by atoms with E-state index in [4.69, 9.17) is 9.47 Å². The largest absolute Gasteiger partial charge is 0.504 e. The first-order valence-corrected chi connectivity index (χ1v) is 6.76. The van der Waals surface area contributed by atoms with E-state index in [0.29, 0.717) is 30.3 Å². The summed E-state index contributed by atoms with van der Waals surface area (Å²) < 4.78 is 10.4. The maximum atomic E-state index is 12.4. The van der Waals surface area contributed by atoms with Gasteiger partial charge in [0.1, 0.15) is 0 Å². The molecule has 0 aromatic heterocycles. The van der Waals surface area contributed by atoms with Gasteiger partial charge < -0.3 is 19.5 Å². The van der Waals surface area contributed by atoms with Gasteiger partial charge in [0.15, 0.2) is 11.5 Å². The molecule has 1 heterocycles. The molecule has 5 nitrogen and oxygen atoms in total. The summed E-state index contributed by atoms with van der Waals surface area (Å²) in [5.41, 5.74) is 0.465. The standard InChI is InChI=1S/C15H21NO4/c1-10-6-7-16(9-14(10)20-3)15(18)11-4-5-13(19-2)12(17)8-11/h4-5,8,10,14,17H,6-7,9H2,1-3H3. The number of amides is 1. The summed E-state index contributed by atoms with van der Waals surface area (Å²) in [5, 5.41) is 9.76. The highest BCUT2D eigenvalue weighted by molar-refractivity contribution is 5.95. The fraction of sp³-hybridized carbons (Fsp3) is 0.533. The Balaban J connectivity index is 2.13. The zero-order chi connectivity index (χ0) is 14.7. The van der Waals surface area contributed by atoms with Crippen LogP contribution in [0.1, 0.15) is 23.7 Å². The van der Waals surface area contributed by atoms with E-state index in [0.717, 1.165) is 6.42 Å². The van der Waals surface area contributed by atoms with E-state index in [1.165, 1.54) is 13.2 Å². The zero-order valence-corrected chi connectivity index (χ0v) is 12.1. The van der Waals surface area contributed by atoms with Gasteiger partial charge in [-0.25, -0.2) is 0 Å². The van der Waals surface area contributed by atoms with Crippen LogP contribution in [-0.2, 0) is 4.74 Å². The van der Waals surface area contributed by atoms with Crippen molar-refractivity contribution in [1.29, 1.82) is 0 Å². The number of piperidine rings is 1. The number of benzene rings is 1. The molecule has 0 radical (unpaired) electrons. The number of methoxy groups -OCH3 is 2. The normalized spacial score (nSPS) is 22.6. The van der Waals surface area contributed by atoms with E-state index in [2.05, 4.69) is 6.92 Å². The Bertz CT molecular complexity index is 489. The van der Waals surface area contributed by atoms with Crippen LogP contribution in [0.2, 0.25) is 0 Å². The summed E-state index contributed by atoms with van der Waals surface area (Å²) in [6.07, 6.45) is 0.992. The molecule has 1 saturated heterocycles. The molecule has 1 N–H and O–H groups in total. The molecule has 1 aliphatic heterocycles. The van der Waals surface area contributed by atoms with Gasteiger partial charge in [-0.15, -0.1) is 0 Å². The summed E-state index contributed by atoms with van der Waals surface area (Å²) in [6.45, 7) is 3.44. The van der Waals surface area contributed by atoms with E-state index in [9.17, 15) is 9.90 Å². The Hall–Kier alpha value is -1.75. The number of hydrogen-bond acceptors (Lipinski definition) is 4. The Morgan fingerprint density at radius 1 is 1.40 bits per heavy atom. The van der Waals surface area contributed by atoms with Gasteiger partial charge >= 0.3 is 0 Å². The van der Waals surface area contributed by atoms with Crippen molar-refractivity contribution in [2.45, 2.75) is 19.4 Å². The highest BCUT2D eigenvalue weighted by atomic mass is 16.5. The number of hydrogen-bond donors (Lipinski definition) is 1. The maximum absolute atomic E-state index is 12.4. The van der Waals surface area contributed by atoms with Crippen molar-refractivity contribution in [2.24, 2.45) is 5.92 Å². The van der Waals surface area contributed by atoms with Gasteiger partial charge in [0.25, 0.3) is 5.91 Å². The predicted octanol–water partition coefficient (Wildman–Crippen LogP) is 1.90. The van der Waals surface area contributed by atoms with E-state index < -0.39 is 0 Å². The average Bonchev–Trinajstić information content (AvgIpc) is 2.47. The summed E-state index contributed by atoms with van der Waals surface area (Å²) in [5.74, 6) is 0.709. The van der Waals surface area contributed by atoms with Crippen molar-refractivity contribution >= 4 is 5.91 Å². The molecule has 1 aromatic carbocycles. The van der Waals surface area contributed by atoms with Gasteiger partial charge in [-0.3, -0.25) is 4.79 Å². The minimum atomic E-state index is -0.0862. The average molecular weight is 279 g/mol. The van der Waals surface area contributed by atoms with Crippen LogP contribution in [0.5, 0.6) is 11.5 Å². The zero-order valence-electron chi connectivity index (χ0n) is 12.1. The van der Waals surface area contributed by atoms with Crippen molar-refractivity contribution in [1.82, 2.24) is 4.90 Å². The van der Waals surface area contributed by atoms with Crippen LogP contribution in [0.15, 0.2) is 18.2 Å². The molecule has 1 aromatic rings. The molecular formula is C15H21NO4. The van der Waals surface area contributed by atoms with Gasteiger partial charge in [-0.2, -0.15) is 0 Å². The second kappa shape index (κ2) is 6.13. The molecule has 0 bridgehead atoms. The molecule has 2 rings (SSSR count). The Kier molecular flexibility index (Phi) is 4.49. The number of carbonyl (C=O) groups excluding carboxylic acids is 1. The van der Waals surface area contributed by atoms with E-state index >= 15 is 0 Å². The number of nitrogens with zero attached hydrogens (tertiary/aromatic N) is 1. The smallest absolute Gasteiger partial charge is 0.254 e. The predicted molar refractivity (Wildman–Crippen MR) is 75.1 cm³/mol. The first-order chi connectivity index (χ1) is 9.56. The molecule has 2 unspecified atom stereocenters. The summed E-state index contributed by atoms with van der Waals surface area (Å²) in [4.78, 5) is 14.2. The third-order valence-corrected chi connectivity index (χ3v) is 3.91. The SMILES string of the molecule is COc1ccc(C(=O)N2CCC(C)C(OC)C2)cc1O. The molecule has 0 saturated carbocycles. The van der Waals surface area contributed by atoms with Gasteiger partial charge in [0, 0.05) is 25.8 Å². The van der Waals surface area contributed by atoms with E-state index in [1.54, 1.807) is 24.1 Å². The lowest BCUT2D eigenvalue weighted by atomic mass is 9.95. The van der Waals surface area contributed by atoms with Crippen LogP contribution in [-0.4, -0.2) is 49.3 Å². The van der Waals surface area contributed by atoms with Crippen LogP contribution < -0.4 is 4.74 Å². The quantitative estimate of drug-likeness (QED) is 0.918. The summed E-state index contributed by atoms with van der Waals surface area (Å²) in [7, 11) is 3.15. The fourth-order valence-electron chi connectivity index (χ4n) is 2.53. The van der Waals surface area contributed by atoms with Crippen LogP contribution in [0.3, 0.4) is 0 Å².